The molecule has 2 bridgehead atoms. The SMILES string of the molecule is CC(C)COC(=O)N1CCC(C(=O)N2C[C@H]3CC[C@H]2C3)CC1. The molecule has 22 heavy (non-hydrogen) atoms. The Morgan fingerprint density at radius 3 is 2.41 bits per heavy atom. The van der Waals surface area contributed by atoms with Gasteiger partial charge in [-0.1, -0.05) is 13.8 Å². The topological polar surface area (TPSA) is 49.9 Å². The highest BCUT2D eigenvalue weighted by atomic mass is 16.6. The van der Waals surface area contributed by atoms with Gasteiger partial charge in [-0.15, -0.1) is 0 Å². The fourth-order valence-corrected chi connectivity index (χ4v) is 4.07. The second-order valence-corrected chi connectivity index (χ2v) is 7.56. The first-order valence-corrected chi connectivity index (χ1v) is 8.76. The first-order valence-electron chi connectivity index (χ1n) is 8.76. The third kappa shape index (κ3) is 3.23. The van der Waals surface area contributed by atoms with Gasteiger partial charge in [-0.2, -0.15) is 0 Å². The lowest BCUT2D eigenvalue weighted by Gasteiger charge is -2.35. The van der Waals surface area contributed by atoms with Crippen LogP contribution in [0.25, 0.3) is 0 Å². The molecule has 0 N–H and O–H groups in total. The molecule has 2 amide bonds. The van der Waals surface area contributed by atoms with Crippen LogP contribution in [0.2, 0.25) is 0 Å². The van der Waals surface area contributed by atoms with Crippen LogP contribution < -0.4 is 0 Å². The van der Waals surface area contributed by atoms with Crippen molar-refractivity contribution in [2.24, 2.45) is 17.8 Å². The van der Waals surface area contributed by atoms with Gasteiger partial charge in [0, 0.05) is 31.6 Å². The largest absolute Gasteiger partial charge is 0.449 e. The van der Waals surface area contributed by atoms with Crippen molar-refractivity contribution in [3.63, 3.8) is 0 Å². The molecule has 3 aliphatic rings. The van der Waals surface area contributed by atoms with Gasteiger partial charge in [-0.25, -0.2) is 4.79 Å². The smallest absolute Gasteiger partial charge is 0.409 e. The van der Waals surface area contributed by atoms with E-state index in [1.165, 1.54) is 19.3 Å². The van der Waals surface area contributed by atoms with E-state index in [4.69, 9.17) is 4.74 Å². The highest BCUT2D eigenvalue weighted by Crippen LogP contribution is 2.38. The lowest BCUT2D eigenvalue weighted by atomic mass is 9.94. The van der Waals surface area contributed by atoms with Crippen LogP contribution in [-0.2, 0) is 9.53 Å². The van der Waals surface area contributed by atoms with E-state index in [1.54, 1.807) is 4.90 Å². The summed E-state index contributed by atoms with van der Waals surface area (Å²) >= 11 is 0. The Hall–Kier alpha value is -1.26. The number of hydrogen-bond donors (Lipinski definition) is 0. The standard InChI is InChI=1S/C17H28N2O3/c1-12(2)11-22-17(21)18-7-5-14(6-8-18)16(20)19-10-13-3-4-15(19)9-13/h12-15H,3-11H2,1-2H3/t13-,15-/m0/s1. The second-order valence-electron chi connectivity index (χ2n) is 7.56. The zero-order chi connectivity index (χ0) is 15.7. The molecule has 0 aromatic carbocycles. The van der Waals surface area contributed by atoms with E-state index in [9.17, 15) is 9.59 Å². The fraction of sp³-hybridized carbons (Fsp3) is 0.882. The Morgan fingerprint density at radius 1 is 1.14 bits per heavy atom. The summed E-state index contributed by atoms with van der Waals surface area (Å²) in [5, 5.41) is 0. The van der Waals surface area contributed by atoms with E-state index >= 15 is 0 Å². The Labute approximate surface area is 133 Å². The maximum Gasteiger partial charge on any atom is 0.409 e. The summed E-state index contributed by atoms with van der Waals surface area (Å²) in [5.74, 6) is 1.55. The predicted octanol–water partition coefficient (Wildman–Crippen LogP) is 2.50. The van der Waals surface area contributed by atoms with Crippen molar-refractivity contribution in [3.8, 4) is 0 Å². The maximum absolute atomic E-state index is 12.7. The third-order valence-electron chi connectivity index (χ3n) is 5.33. The number of hydrogen-bond acceptors (Lipinski definition) is 3. The van der Waals surface area contributed by atoms with Crippen LogP contribution in [0, 0.1) is 17.8 Å². The van der Waals surface area contributed by atoms with Gasteiger partial charge in [0.25, 0.3) is 0 Å². The average molecular weight is 308 g/mol. The van der Waals surface area contributed by atoms with Crippen LogP contribution in [-0.4, -0.2) is 54.1 Å². The average Bonchev–Trinajstić information content (AvgIpc) is 3.15. The maximum atomic E-state index is 12.7. The number of carbonyl (C=O) groups is 2. The minimum Gasteiger partial charge on any atom is -0.449 e. The summed E-state index contributed by atoms with van der Waals surface area (Å²) in [6.07, 6.45) is 5.05. The van der Waals surface area contributed by atoms with E-state index in [-0.39, 0.29) is 12.0 Å². The van der Waals surface area contributed by atoms with E-state index in [2.05, 4.69) is 4.90 Å². The van der Waals surface area contributed by atoms with Gasteiger partial charge in [0.2, 0.25) is 5.91 Å². The van der Waals surface area contributed by atoms with Crippen LogP contribution in [0.15, 0.2) is 0 Å². The van der Waals surface area contributed by atoms with Gasteiger partial charge in [-0.3, -0.25) is 4.79 Å². The number of nitrogens with zero attached hydrogens (tertiary/aromatic N) is 2. The van der Waals surface area contributed by atoms with Crippen LogP contribution in [0.1, 0.15) is 46.0 Å². The van der Waals surface area contributed by atoms with Gasteiger partial charge in [0.1, 0.15) is 0 Å². The summed E-state index contributed by atoms with van der Waals surface area (Å²) in [6, 6.07) is 0.506. The normalized spacial score (nSPS) is 28.5. The minimum atomic E-state index is -0.222. The monoisotopic (exact) mass is 308 g/mol. The van der Waals surface area contributed by atoms with E-state index in [1.807, 2.05) is 13.8 Å². The number of piperidine rings is 2. The number of rotatable bonds is 3. The molecule has 124 valence electrons. The molecule has 2 saturated heterocycles. The molecule has 1 saturated carbocycles. The Bertz CT molecular complexity index is 430. The molecule has 0 unspecified atom stereocenters. The van der Waals surface area contributed by atoms with Crippen molar-refractivity contribution in [1.82, 2.24) is 9.80 Å². The number of ether oxygens (including phenoxy) is 1. The molecule has 0 aromatic rings. The van der Waals surface area contributed by atoms with Gasteiger partial charge < -0.3 is 14.5 Å². The highest BCUT2D eigenvalue weighted by Gasteiger charge is 2.42. The molecule has 5 nitrogen and oxygen atoms in total. The van der Waals surface area contributed by atoms with Crippen molar-refractivity contribution >= 4 is 12.0 Å². The number of carbonyl (C=O) groups excluding carboxylic acids is 2. The Morgan fingerprint density at radius 2 is 1.86 bits per heavy atom. The zero-order valence-corrected chi connectivity index (χ0v) is 13.8. The minimum absolute atomic E-state index is 0.105. The van der Waals surface area contributed by atoms with Gasteiger partial charge in [0.15, 0.2) is 0 Å². The number of likely N-dealkylation sites (tertiary alicyclic amines) is 2. The van der Waals surface area contributed by atoms with Crippen LogP contribution in [0.3, 0.4) is 0 Å². The van der Waals surface area contributed by atoms with E-state index in [0.29, 0.717) is 37.6 Å². The first-order chi connectivity index (χ1) is 10.5. The third-order valence-corrected chi connectivity index (χ3v) is 5.33. The molecule has 2 atom stereocenters. The van der Waals surface area contributed by atoms with Crippen LogP contribution in [0.4, 0.5) is 4.79 Å². The van der Waals surface area contributed by atoms with Crippen LogP contribution in [0.5, 0.6) is 0 Å². The predicted molar refractivity (Wildman–Crippen MR) is 83.3 cm³/mol. The summed E-state index contributed by atoms with van der Waals surface area (Å²) < 4.78 is 5.27. The van der Waals surface area contributed by atoms with Crippen molar-refractivity contribution < 1.29 is 14.3 Å². The van der Waals surface area contributed by atoms with E-state index in [0.717, 1.165) is 25.3 Å². The van der Waals surface area contributed by atoms with Crippen molar-refractivity contribution in [1.29, 1.82) is 0 Å². The Balaban J connectivity index is 1.45. The Kier molecular flexibility index (Phi) is 4.59. The lowest BCUT2D eigenvalue weighted by Crippen LogP contribution is -2.46. The van der Waals surface area contributed by atoms with Crippen molar-refractivity contribution in [3.05, 3.63) is 0 Å². The van der Waals surface area contributed by atoms with Gasteiger partial charge >= 0.3 is 6.09 Å². The highest BCUT2D eigenvalue weighted by molar-refractivity contribution is 5.80. The fourth-order valence-electron chi connectivity index (χ4n) is 4.07. The summed E-state index contributed by atoms with van der Waals surface area (Å²) in [4.78, 5) is 28.5. The first kappa shape index (κ1) is 15.6. The van der Waals surface area contributed by atoms with Crippen molar-refractivity contribution in [2.45, 2.75) is 52.0 Å². The van der Waals surface area contributed by atoms with Crippen LogP contribution >= 0.6 is 0 Å². The molecule has 1 aliphatic carbocycles. The number of fused-ring (bicyclic) bond motifs is 2. The summed E-state index contributed by atoms with van der Waals surface area (Å²) in [5.41, 5.74) is 0. The van der Waals surface area contributed by atoms with Crippen molar-refractivity contribution in [2.75, 3.05) is 26.2 Å². The molecule has 3 fully saturated rings. The molecule has 2 aliphatic heterocycles. The van der Waals surface area contributed by atoms with Gasteiger partial charge in [0.05, 0.1) is 6.61 Å². The summed E-state index contributed by atoms with van der Waals surface area (Å²) in [6.45, 7) is 6.79. The molecule has 5 heteroatoms. The molecule has 0 spiro atoms. The molecule has 2 heterocycles. The molecular formula is C17H28N2O3. The molecular weight excluding hydrogens is 280 g/mol. The van der Waals surface area contributed by atoms with Gasteiger partial charge in [-0.05, 0) is 43.9 Å². The molecule has 0 radical (unpaired) electrons. The molecule has 3 rings (SSSR count). The lowest BCUT2D eigenvalue weighted by molar-refractivity contribution is -0.138. The summed E-state index contributed by atoms with van der Waals surface area (Å²) in [7, 11) is 0. The molecule has 0 aromatic heterocycles. The quantitative estimate of drug-likeness (QED) is 0.805. The number of amides is 2. The second kappa shape index (κ2) is 6.47. The zero-order valence-electron chi connectivity index (χ0n) is 13.8. The van der Waals surface area contributed by atoms with E-state index < -0.39 is 0 Å².